The number of hydrogen-bond donors (Lipinski definition) is 0. The van der Waals surface area contributed by atoms with Crippen LogP contribution >= 0.6 is 0 Å². The summed E-state index contributed by atoms with van der Waals surface area (Å²) in [6, 6.07) is 15.5. The molecule has 2 heterocycles. The van der Waals surface area contributed by atoms with Crippen molar-refractivity contribution in [2.24, 2.45) is 11.8 Å². The number of benzene rings is 2. The Labute approximate surface area is 282 Å². The van der Waals surface area contributed by atoms with Crippen LogP contribution in [0.25, 0.3) is 0 Å². The normalized spacial score (nSPS) is 28.0. The van der Waals surface area contributed by atoms with Gasteiger partial charge >= 0.3 is 0 Å². The van der Waals surface area contributed by atoms with Gasteiger partial charge in [-0.25, -0.2) is 0 Å². The number of methoxy groups -OCH3 is 1. The van der Waals surface area contributed by atoms with Gasteiger partial charge in [-0.2, -0.15) is 0 Å². The number of piperidine rings is 1. The Hall–Kier alpha value is -2.86. The number of carbonyl (C=O) groups is 2. The monoisotopic (exact) mass is 640 g/mol. The molecule has 6 nitrogen and oxygen atoms in total. The number of unbranched alkanes of at least 4 members (excludes halogenated alkanes) is 4. The first kappa shape index (κ1) is 32.7. The number of likely N-dealkylation sites (tertiary alicyclic amines) is 1. The number of ether oxygens (including phenoxy) is 2. The molecule has 0 N–H and O–H groups in total. The Balaban J connectivity index is 1.09. The van der Waals surface area contributed by atoms with E-state index in [1.54, 1.807) is 14.0 Å². The molecule has 3 aliphatic carbocycles. The molecule has 2 aliphatic heterocycles. The molecule has 1 amide bonds. The number of carbonyl (C=O) groups excluding carboxylic acids is 2. The standard InChI is InChI=1S/C41H56N2O4/c1-29(44)27-42-25-24-41-33-21-22-34(40(41)47-39-36(46-2)23-20-32(38(39)41)26-35(33)42)43(28-31-17-11-7-12-18-31)37(45)19-13-5-3-4-8-14-30-15-9-6-10-16-30/h6,9-10,15-16,20,23,31,33-35,40H,3-5,7-8,11-14,17-19,21-22,24-28H2,1-2H3/t33-,34-,35+,40-,41-/m0/s1. The highest BCUT2D eigenvalue weighted by atomic mass is 16.5. The highest BCUT2D eigenvalue weighted by molar-refractivity contribution is 5.78. The van der Waals surface area contributed by atoms with E-state index in [-0.39, 0.29) is 23.3 Å². The minimum Gasteiger partial charge on any atom is -0.493 e. The lowest BCUT2D eigenvalue weighted by atomic mass is 9.51. The number of Topliss-reactive ketones (excluding diaryl/α,β-unsaturated/α-hetero) is 1. The van der Waals surface area contributed by atoms with E-state index in [1.165, 1.54) is 68.1 Å². The van der Waals surface area contributed by atoms with Crippen LogP contribution in [0.2, 0.25) is 0 Å². The minimum absolute atomic E-state index is 0.0564. The van der Waals surface area contributed by atoms with Crippen LogP contribution in [0.4, 0.5) is 0 Å². The number of ketones is 1. The fourth-order valence-electron chi connectivity index (χ4n) is 10.5. The third kappa shape index (κ3) is 6.36. The zero-order valence-corrected chi connectivity index (χ0v) is 28.9. The summed E-state index contributed by atoms with van der Waals surface area (Å²) in [4.78, 5) is 31.5. The highest BCUT2D eigenvalue weighted by Crippen LogP contribution is 2.64. The fourth-order valence-corrected chi connectivity index (χ4v) is 10.5. The van der Waals surface area contributed by atoms with Crippen LogP contribution in [0.15, 0.2) is 42.5 Å². The van der Waals surface area contributed by atoms with Crippen LogP contribution in [-0.2, 0) is 27.8 Å². The lowest BCUT2D eigenvalue weighted by molar-refractivity contribution is -0.145. The van der Waals surface area contributed by atoms with Crippen molar-refractivity contribution >= 4 is 11.7 Å². The maximum Gasteiger partial charge on any atom is 0.222 e. The van der Waals surface area contributed by atoms with Crippen molar-refractivity contribution in [2.45, 2.75) is 133 Å². The molecular weight excluding hydrogens is 584 g/mol. The number of amides is 1. The molecule has 47 heavy (non-hydrogen) atoms. The van der Waals surface area contributed by atoms with Crippen LogP contribution < -0.4 is 9.47 Å². The summed E-state index contributed by atoms with van der Waals surface area (Å²) in [6.45, 7) is 4.04. The number of aryl methyl sites for hydroxylation is 1. The van der Waals surface area contributed by atoms with E-state index in [4.69, 9.17) is 9.47 Å². The quantitative estimate of drug-likeness (QED) is 0.198. The molecule has 7 rings (SSSR count). The highest BCUT2D eigenvalue weighted by Gasteiger charge is 2.66. The molecule has 2 bridgehead atoms. The first-order valence-corrected chi connectivity index (χ1v) is 18.9. The first-order valence-electron chi connectivity index (χ1n) is 18.9. The van der Waals surface area contributed by atoms with E-state index < -0.39 is 0 Å². The van der Waals surface area contributed by atoms with E-state index >= 15 is 0 Å². The number of nitrogens with zero attached hydrogens (tertiary/aromatic N) is 2. The summed E-state index contributed by atoms with van der Waals surface area (Å²) in [6.07, 6.45) is 17.8. The van der Waals surface area contributed by atoms with Gasteiger partial charge in [0.05, 0.1) is 19.7 Å². The van der Waals surface area contributed by atoms with Gasteiger partial charge in [-0.15, -0.1) is 0 Å². The lowest BCUT2D eigenvalue weighted by Crippen LogP contribution is -2.69. The van der Waals surface area contributed by atoms with E-state index in [1.807, 2.05) is 0 Å². The molecule has 0 radical (unpaired) electrons. The first-order chi connectivity index (χ1) is 23.0. The maximum absolute atomic E-state index is 14.4. The number of hydrogen-bond acceptors (Lipinski definition) is 5. The third-order valence-electron chi connectivity index (χ3n) is 12.6. The van der Waals surface area contributed by atoms with Gasteiger partial charge in [0, 0.05) is 30.0 Å². The zero-order valence-electron chi connectivity index (χ0n) is 28.9. The molecule has 2 aromatic rings. The molecule has 2 aromatic carbocycles. The topological polar surface area (TPSA) is 59.1 Å². The molecule has 5 aliphatic rings. The van der Waals surface area contributed by atoms with Crippen LogP contribution in [0.3, 0.4) is 0 Å². The van der Waals surface area contributed by atoms with Crippen molar-refractivity contribution in [2.75, 3.05) is 26.7 Å². The van der Waals surface area contributed by atoms with Gasteiger partial charge < -0.3 is 14.4 Å². The molecule has 3 fully saturated rings. The Morgan fingerprint density at radius 3 is 2.53 bits per heavy atom. The molecule has 1 saturated heterocycles. The molecule has 254 valence electrons. The van der Waals surface area contributed by atoms with Gasteiger partial charge in [0.1, 0.15) is 11.9 Å². The molecule has 0 unspecified atom stereocenters. The molecule has 1 spiro atoms. The molecule has 5 atom stereocenters. The predicted octanol–water partition coefficient (Wildman–Crippen LogP) is 7.68. The van der Waals surface area contributed by atoms with Gasteiger partial charge in [0.2, 0.25) is 5.91 Å². The van der Waals surface area contributed by atoms with Crippen molar-refractivity contribution in [1.29, 1.82) is 0 Å². The second kappa shape index (κ2) is 14.3. The summed E-state index contributed by atoms with van der Waals surface area (Å²) in [5.74, 6) is 3.37. The third-order valence-corrected chi connectivity index (χ3v) is 12.6. The molecule has 2 saturated carbocycles. The summed E-state index contributed by atoms with van der Waals surface area (Å²) in [7, 11) is 1.75. The van der Waals surface area contributed by atoms with Crippen LogP contribution in [-0.4, -0.2) is 66.4 Å². The van der Waals surface area contributed by atoms with Crippen LogP contribution in [0, 0.1) is 11.8 Å². The maximum atomic E-state index is 14.4. The van der Waals surface area contributed by atoms with Gasteiger partial charge in [-0.05, 0) is 100 Å². The Kier molecular flexibility index (Phi) is 9.96. The van der Waals surface area contributed by atoms with Gasteiger partial charge in [-0.1, -0.05) is 74.9 Å². The Bertz CT molecular complexity index is 1400. The van der Waals surface area contributed by atoms with Crippen molar-refractivity contribution in [1.82, 2.24) is 9.80 Å². The van der Waals surface area contributed by atoms with E-state index in [9.17, 15) is 9.59 Å². The average Bonchev–Trinajstić information content (AvgIpc) is 3.44. The smallest absolute Gasteiger partial charge is 0.222 e. The van der Waals surface area contributed by atoms with E-state index in [2.05, 4.69) is 52.3 Å². The summed E-state index contributed by atoms with van der Waals surface area (Å²) in [5, 5.41) is 0. The second-order valence-corrected chi connectivity index (χ2v) is 15.5. The predicted molar refractivity (Wildman–Crippen MR) is 186 cm³/mol. The summed E-state index contributed by atoms with van der Waals surface area (Å²) in [5.41, 5.74) is 4.03. The minimum atomic E-state index is -0.123. The molecular formula is C41H56N2O4. The van der Waals surface area contributed by atoms with Crippen molar-refractivity contribution < 1.29 is 19.1 Å². The van der Waals surface area contributed by atoms with Gasteiger partial charge in [0.15, 0.2) is 11.5 Å². The van der Waals surface area contributed by atoms with Crippen LogP contribution in [0.5, 0.6) is 11.5 Å². The second-order valence-electron chi connectivity index (χ2n) is 15.5. The fraction of sp³-hybridized carbons (Fsp3) is 0.659. The number of rotatable bonds is 14. The Morgan fingerprint density at radius 1 is 0.957 bits per heavy atom. The van der Waals surface area contributed by atoms with Gasteiger partial charge in [0.25, 0.3) is 0 Å². The summed E-state index contributed by atoms with van der Waals surface area (Å²) < 4.78 is 13.1. The van der Waals surface area contributed by atoms with Crippen molar-refractivity contribution in [3.05, 3.63) is 59.2 Å². The SMILES string of the molecule is COc1ccc2c3c1O[C@H]1[C@@H](N(CC4CCCCC4)C(=O)CCCCCCCc4ccccc4)CC[C@H]4[C@@H](C2)N(CC(C)=O)CC[C@@]341. The largest absolute Gasteiger partial charge is 0.493 e. The zero-order chi connectivity index (χ0) is 32.4. The van der Waals surface area contributed by atoms with Crippen molar-refractivity contribution in [3.63, 3.8) is 0 Å². The van der Waals surface area contributed by atoms with Crippen molar-refractivity contribution in [3.8, 4) is 11.5 Å². The van der Waals surface area contributed by atoms with E-state index in [0.717, 1.165) is 69.5 Å². The average molecular weight is 641 g/mol. The summed E-state index contributed by atoms with van der Waals surface area (Å²) >= 11 is 0. The van der Waals surface area contributed by atoms with Gasteiger partial charge in [-0.3, -0.25) is 14.5 Å². The van der Waals surface area contributed by atoms with E-state index in [0.29, 0.717) is 36.8 Å². The lowest BCUT2D eigenvalue weighted by Gasteiger charge is -2.60. The molecule has 6 heteroatoms. The van der Waals surface area contributed by atoms with Crippen LogP contribution in [0.1, 0.15) is 114 Å². The molecule has 0 aromatic heterocycles. The Morgan fingerprint density at radius 2 is 1.74 bits per heavy atom.